The summed E-state index contributed by atoms with van der Waals surface area (Å²) < 4.78 is 36.5. The van der Waals surface area contributed by atoms with Crippen molar-refractivity contribution in [3.05, 3.63) is 36.0 Å². The molecule has 0 aliphatic carbocycles. The molecule has 0 aliphatic rings. The van der Waals surface area contributed by atoms with Crippen molar-refractivity contribution in [2.24, 2.45) is 0 Å². The van der Waals surface area contributed by atoms with Crippen molar-refractivity contribution in [3.8, 4) is 6.07 Å². The number of carbonyl (C=O) groups excluding carboxylic acids is 1. The van der Waals surface area contributed by atoms with Gasteiger partial charge in [-0.1, -0.05) is 6.07 Å². The molecule has 0 fully saturated rings. The second-order valence-corrected chi connectivity index (χ2v) is 6.78. The van der Waals surface area contributed by atoms with Crippen molar-refractivity contribution in [3.63, 3.8) is 0 Å². The fourth-order valence-corrected chi connectivity index (χ4v) is 2.28. The highest BCUT2D eigenvalue weighted by molar-refractivity contribution is 7.85. The third kappa shape index (κ3) is 7.80. The van der Waals surface area contributed by atoms with E-state index < -0.39 is 16.0 Å². The van der Waals surface area contributed by atoms with Crippen molar-refractivity contribution in [2.75, 3.05) is 18.5 Å². The minimum Gasteiger partial charge on any atom is -0.390 e. The van der Waals surface area contributed by atoms with Gasteiger partial charge in [-0.3, -0.25) is 9.35 Å². The number of benzene rings is 1. The van der Waals surface area contributed by atoms with Crippen LogP contribution >= 0.6 is 0 Å². The molecule has 0 spiro atoms. The van der Waals surface area contributed by atoms with Crippen LogP contribution in [0.1, 0.15) is 20.3 Å². The van der Waals surface area contributed by atoms with Crippen molar-refractivity contribution >= 4 is 21.7 Å². The quantitative estimate of drug-likeness (QED) is 0.262. The third-order valence-corrected chi connectivity index (χ3v) is 3.77. The largest absolute Gasteiger partial charge is 0.390 e. The number of hydrogen-bond donors (Lipinski definition) is 3. The van der Waals surface area contributed by atoms with Gasteiger partial charge in [-0.25, -0.2) is 0 Å². The minimum absolute atomic E-state index is 0.145. The molecule has 0 aromatic heterocycles. The zero-order chi connectivity index (χ0) is 18.9. The van der Waals surface area contributed by atoms with Crippen LogP contribution in [0, 0.1) is 11.3 Å². The van der Waals surface area contributed by atoms with Crippen LogP contribution in [0.4, 0.5) is 5.69 Å². The molecular weight excluding hydrogens is 346 g/mol. The van der Waals surface area contributed by atoms with Crippen LogP contribution < -0.4 is 10.6 Å². The highest BCUT2D eigenvalue weighted by atomic mass is 32.2. The fourth-order valence-electron chi connectivity index (χ4n) is 1.75. The summed E-state index contributed by atoms with van der Waals surface area (Å²) in [5, 5.41) is 14.3. The first-order valence-electron chi connectivity index (χ1n) is 7.58. The van der Waals surface area contributed by atoms with E-state index in [0.29, 0.717) is 19.6 Å². The van der Waals surface area contributed by atoms with Gasteiger partial charge in [0.25, 0.3) is 16.0 Å². The SMILES string of the molecule is CC(C)OCCCN/C=C(/C#N)C(=O)Nc1cccc(S(=O)(=O)O)c1. The Morgan fingerprint density at radius 1 is 1.44 bits per heavy atom. The average Bonchev–Trinajstić information content (AvgIpc) is 2.53. The Bertz CT molecular complexity index is 766. The van der Waals surface area contributed by atoms with E-state index in [1.165, 1.54) is 24.4 Å². The lowest BCUT2D eigenvalue weighted by Crippen LogP contribution is -2.18. The van der Waals surface area contributed by atoms with Gasteiger partial charge in [0, 0.05) is 25.0 Å². The standard InChI is InChI=1S/C16H21N3O5S/c1-12(2)24-8-4-7-18-11-13(10-17)16(20)19-14-5-3-6-15(9-14)25(21,22)23/h3,5-6,9,11-12,18H,4,7-8H2,1-2H3,(H,19,20)(H,21,22,23)/b13-11-. The molecule has 1 aromatic carbocycles. The molecule has 0 unspecified atom stereocenters. The smallest absolute Gasteiger partial charge is 0.294 e. The molecule has 0 aliphatic heterocycles. The highest BCUT2D eigenvalue weighted by Crippen LogP contribution is 2.15. The molecule has 0 atom stereocenters. The zero-order valence-electron chi connectivity index (χ0n) is 14.0. The van der Waals surface area contributed by atoms with Gasteiger partial charge in [-0.15, -0.1) is 0 Å². The van der Waals surface area contributed by atoms with Crippen LogP contribution in [0.3, 0.4) is 0 Å². The van der Waals surface area contributed by atoms with Crippen LogP contribution in [0.25, 0.3) is 0 Å². The Balaban J connectivity index is 2.62. The van der Waals surface area contributed by atoms with Crippen molar-refractivity contribution in [1.29, 1.82) is 5.26 Å². The highest BCUT2D eigenvalue weighted by Gasteiger charge is 2.13. The molecule has 1 aromatic rings. The Hall–Kier alpha value is -2.41. The maximum atomic E-state index is 12.0. The number of carbonyl (C=O) groups is 1. The van der Waals surface area contributed by atoms with Gasteiger partial charge in [-0.2, -0.15) is 13.7 Å². The van der Waals surface area contributed by atoms with Gasteiger partial charge in [-0.05, 0) is 38.5 Å². The van der Waals surface area contributed by atoms with Gasteiger partial charge in [0.1, 0.15) is 11.6 Å². The lowest BCUT2D eigenvalue weighted by atomic mass is 10.2. The molecule has 136 valence electrons. The summed E-state index contributed by atoms with van der Waals surface area (Å²) in [5.74, 6) is -0.694. The van der Waals surface area contributed by atoms with E-state index >= 15 is 0 Å². The van der Waals surface area contributed by atoms with E-state index in [0.717, 1.165) is 6.07 Å². The number of nitrogens with one attached hydrogen (secondary N) is 2. The van der Waals surface area contributed by atoms with E-state index in [9.17, 15) is 13.2 Å². The summed E-state index contributed by atoms with van der Waals surface area (Å²) in [6, 6.07) is 6.85. The monoisotopic (exact) mass is 367 g/mol. The van der Waals surface area contributed by atoms with Gasteiger partial charge >= 0.3 is 0 Å². The predicted molar refractivity (Wildman–Crippen MR) is 92.3 cm³/mol. The number of nitrogens with zero attached hydrogens (tertiary/aromatic N) is 1. The van der Waals surface area contributed by atoms with Gasteiger partial charge < -0.3 is 15.4 Å². The van der Waals surface area contributed by atoms with Gasteiger partial charge in [0.2, 0.25) is 0 Å². The summed E-state index contributed by atoms with van der Waals surface area (Å²) in [7, 11) is -4.37. The number of rotatable bonds is 9. The average molecular weight is 367 g/mol. The predicted octanol–water partition coefficient (Wildman–Crippen LogP) is 1.68. The van der Waals surface area contributed by atoms with Crippen LogP contribution in [0.5, 0.6) is 0 Å². The number of anilines is 1. The van der Waals surface area contributed by atoms with E-state index in [1.807, 2.05) is 13.8 Å². The van der Waals surface area contributed by atoms with Crippen LogP contribution in [-0.4, -0.2) is 38.1 Å². The molecule has 0 saturated heterocycles. The Kier molecular flexibility index (Phi) is 8.07. The van der Waals surface area contributed by atoms with E-state index in [-0.39, 0.29) is 22.3 Å². The molecular formula is C16H21N3O5S. The molecule has 0 radical (unpaired) electrons. The Morgan fingerprint density at radius 2 is 2.16 bits per heavy atom. The number of amides is 1. The Labute approximate surface area is 147 Å². The minimum atomic E-state index is -4.37. The molecule has 1 rings (SSSR count). The zero-order valence-corrected chi connectivity index (χ0v) is 14.8. The third-order valence-electron chi connectivity index (χ3n) is 2.92. The van der Waals surface area contributed by atoms with Gasteiger partial charge in [0.05, 0.1) is 11.0 Å². The summed E-state index contributed by atoms with van der Waals surface area (Å²) in [4.78, 5) is 11.7. The first-order valence-corrected chi connectivity index (χ1v) is 9.02. The van der Waals surface area contributed by atoms with Crippen molar-refractivity contribution in [1.82, 2.24) is 5.32 Å². The second-order valence-electron chi connectivity index (χ2n) is 5.35. The number of ether oxygens (including phenoxy) is 1. The van der Waals surface area contributed by atoms with Crippen molar-refractivity contribution in [2.45, 2.75) is 31.3 Å². The summed E-state index contributed by atoms with van der Waals surface area (Å²) in [6.07, 6.45) is 2.15. The van der Waals surface area contributed by atoms with E-state index in [2.05, 4.69) is 10.6 Å². The first kappa shape index (κ1) is 20.6. The van der Waals surface area contributed by atoms with E-state index in [4.69, 9.17) is 14.6 Å². The van der Waals surface area contributed by atoms with Gasteiger partial charge in [0.15, 0.2) is 0 Å². The molecule has 0 saturated carbocycles. The van der Waals surface area contributed by atoms with Crippen LogP contribution in [0.2, 0.25) is 0 Å². The van der Waals surface area contributed by atoms with E-state index in [1.54, 1.807) is 6.07 Å². The summed E-state index contributed by atoms with van der Waals surface area (Å²) in [5.41, 5.74) is -0.0198. The molecule has 0 heterocycles. The molecule has 9 heteroatoms. The second kappa shape index (κ2) is 9.78. The maximum absolute atomic E-state index is 12.0. The molecule has 3 N–H and O–H groups in total. The number of nitriles is 1. The summed E-state index contributed by atoms with van der Waals surface area (Å²) >= 11 is 0. The number of hydrogen-bond acceptors (Lipinski definition) is 6. The first-order chi connectivity index (χ1) is 11.7. The maximum Gasteiger partial charge on any atom is 0.294 e. The molecule has 0 bridgehead atoms. The lowest BCUT2D eigenvalue weighted by Gasteiger charge is -2.08. The van der Waals surface area contributed by atoms with Crippen molar-refractivity contribution < 1.29 is 22.5 Å². The van der Waals surface area contributed by atoms with Crippen LogP contribution in [0.15, 0.2) is 40.9 Å². The normalized spacial score (nSPS) is 11.9. The fraction of sp³-hybridized carbons (Fsp3) is 0.375. The molecule has 8 nitrogen and oxygen atoms in total. The van der Waals surface area contributed by atoms with Crippen LogP contribution in [-0.2, 0) is 19.6 Å². The summed E-state index contributed by atoms with van der Waals surface area (Å²) in [6.45, 7) is 4.96. The lowest BCUT2D eigenvalue weighted by molar-refractivity contribution is -0.112. The molecule has 1 amide bonds. The Morgan fingerprint density at radius 3 is 2.76 bits per heavy atom. The topological polar surface area (TPSA) is 129 Å². The molecule has 25 heavy (non-hydrogen) atoms.